The number of amidine groups is 1. The van der Waals surface area contributed by atoms with Gasteiger partial charge in [0.2, 0.25) is 5.91 Å². The van der Waals surface area contributed by atoms with E-state index in [2.05, 4.69) is 10.3 Å². The van der Waals surface area contributed by atoms with Crippen LogP contribution in [0, 0.1) is 6.92 Å². The van der Waals surface area contributed by atoms with Gasteiger partial charge in [0.05, 0.1) is 11.8 Å². The second kappa shape index (κ2) is 10.1. The van der Waals surface area contributed by atoms with Crippen molar-refractivity contribution in [2.45, 2.75) is 31.1 Å². The van der Waals surface area contributed by atoms with Gasteiger partial charge in [-0.2, -0.15) is 10.1 Å². The summed E-state index contributed by atoms with van der Waals surface area (Å²) in [4.78, 5) is 29.7. The van der Waals surface area contributed by atoms with Crippen LogP contribution in [-0.2, 0) is 9.59 Å². The second-order valence-corrected chi connectivity index (χ2v) is 10.0. The number of carbonyl (C=O) groups is 2. The maximum atomic E-state index is 12.8. The minimum Gasteiger partial charge on any atom is -0.326 e. The van der Waals surface area contributed by atoms with E-state index in [1.165, 1.54) is 11.8 Å². The summed E-state index contributed by atoms with van der Waals surface area (Å²) in [6.07, 6.45) is 0.709. The standard InChI is InChI=1S/C27H23ClN4O2S/c1-17-7-5-6-10-21(17)29-25(33)16-24-26(34)30-27(35-24)32-23(19-8-3-2-4-9-19)15-22(31-32)18-11-13-20(28)14-12-18/h2-14,23-24H,15-16H2,1H3,(H,29,33)/t23-,24-/m0/s1. The number of aryl methyl sites for hydroxylation is 1. The number of hydrogen-bond donors (Lipinski definition) is 1. The van der Waals surface area contributed by atoms with Crippen molar-refractivity contribution in [3.8, 4) is 0 Å². The molecule has 0 spiro atoms. The summed E-state index contributed by atoms with van der Waals surface area (Å²) in [5, 5.41) is 10.2. The van der Waals surface area contributed by atoms with Crippen molar-refractivity contribution in [1.82, 2.24) is 5.01 Å². The van der Waals surface area contributed by atoms with Gasteiger partial charge in [0.1, 0.15) is 5.25 Å². The van der Waals surface area contributed by atoms with Gasteiger partial charge in [-0.3, -0.25) is 9.59 Å². The number of rotatable bonds is 5. The van der Waals surface area contributed by atoms with Gasteiger partial charge in [0.15, 0.2) is 5.17 Å². The molecule has 0 aliphatic carbocycles. The molecule has 0 aromatic heterocycles. The molecular weight excluding hydrogens is 480 g/mol. The van der Waals surface area contributed by atoms with Crippen LogP contribution in [0.4, 0.5) is 5.69 Å². The number of hydrazone groups is 1. The number of para-hydroxylation sites is 1. The lowest BCUT2D eigenvalue weighted by molar-refractivity contribution is -0.121. The fourth-order valence-corrected chi connectivity index (χ4v) is 5.31. The number of hydrogen-bond acceptors (Lipinski definition) is 5. The molecule has 1 N–H and O–H groups in total. The Balaban J connectivity index is 1.35. The number of carbonyl (C=O) groups excluding carboxylic acids is 2. The van der Waals surface area contributed by atoms with E-state index in [0.29, 0.717) is 16.6 Å². The van der Waals surface area contributed by atoms with Crippen molar-refractivity contribution < 1.29 is 9.59 Å². The fraction of sp³-hybridized carbons (Fsp3) is 0.185. The molecule has 2 amide bonds. The zero-order valence-corrected chi connectivity index (χ0v) is 20.6. The number of thioether (sulfide) groups is 1. The first-order valence-corrected chi connectivity index (χ1v) is 12.6. The quantitative estimate of drug-likeness (QED) is 0.476. The van der Waals surface area contributed by atoms with Crippen molar-refractivity contribution in [3.63, 3.8) is 0 Å². The molecule has 2 heterocycles. The summed E-state index contributed by atoms with van der Waals surface area (Å²) >= 11 is 7.36. The number of nitrogens with zero attached hydrogens (tertiary/aromatic N) is 3. The van der Waals surface area contributed by atoms with Crippen LogP contribution in [0.15, 0.2) is 89.0 Å². The molecule has 0 bridgehead atoms. The fourth-order valence-electron chi connectivity index (χ4n) is 4.13. The van der Waals surface area contributed by atoms with Crippen molar-refractivity contribution >= 4 is 51.7 Å². The van der Waals surface area contributed by atoms with E-state index in [1.807, 2.05) is 90.8 Å². The van der Waals surface area contributed by atoms with Gasteiger partial charge in [-0.05, 0) is 41.8 Å². The predicted octanol–water partition coefficient (Wildman–Crippen LogP) is 5.83. The van der Waals surface area contributed by atoms with E-state index in [1.54, 1.807) is 0 Å². The topological polar surface area (TPSA) is 74.1 Å². The van der Waals surface area contributed by atoms with E-state index in [9.17, 15) is 9.59 Å². The molecule has 3 aromatic rings. The number of aliphatic imine (C=N–C) groups is 1. The van der Waals surface area contributed by atoms with Crippen molar-refractivity contribution in [3.05, 3.63) is 101 Å². The SMILES string of the molecule is Cc1ccccc1NC(=O)C[C@@H]1SC(N2N=C(c3ccc(Cl)cc3)C[C@H]2c2ccccc2)=NC1=O. The number of halogens is 1. The molecule has 0 saturated heterocycles. The highest BCUT2D eigenvalue weighted by molar-refractivity contribution is 8.15. The molecule has 2 atom stereocenters. The Morgan fingerprint density at radius 1 is 1.06 bits per heavy atom. The largest absolute Gasteiger partial charge is 0.326 e. The molecule has 5 rings (SSSR count). The van der Waals surface area contributed by atoms with Gasteiger partial charge in [-0.1, -0.05) is 84.0 Å². The van der Waals surface area contributed by atoms with Crippen LogP contribution in [0.5, 0.6) is 0 Å². The molecule has 0 saturated carbocycles. The highest BCUT2D eigenvalue weighted by Crippen LogP contribution is 2.38. The number of anilines is 1. The molecule has 2 aliphatic rings. The Labute approximate surface area is 213 Å². The zero-order chi connectivity index (χ0) is 24.4. The molecule has 2 aliphatic heterocycles. The van der Waals surface area contributed by atoms with Crippen LogP contribution in [0.1, 0.15) is 35.6 Å². The number of amides is 2. The van der Waals surface area contributed by atoms with E-state index in [-0.39, 0.29) is 24.3 Å². The summed E-state index contributed by atoms with van der Waals surface area (Å²) in [5.74, 6) is -0.528. The maximum absolute atomic E-state index is 12.8. The van der Waals surface area contributed by atoms with Gasteiger partial charge in [-0.15, -0.1) is 0 Å². The third-order valence-corrected chi connectivity index (χ3v) is 7.38. The van der Waals surface area contributed by atoms with Crippen molar-refractivity contribution in [2.24, 2.45) is 10.1 Å². The lowest BCUT2D eigenvalue weighted by atomic mass is 9.99. The summed E-state index contributed by atoms with van der Waals surface area (Å²) in [7, 11) is 0. The van der Waals surface area contributed by atoms with E-state index < -0.39 is 5.25 Å². The third-order valence-electron chi connectivity index (χ3n) is 5.99. The highest BCUT2D eigenvalue weighted by atomic mass is 35.5. The van der Waals surface area contributed by atoms with Gasteiger partial charge in [0, 0.05) is 23.6 Å². The first kappa shape index (κ1) is 23.3. The van der Waals surface area contributed by atoms with Crippen LogP contribution < -0.4 is 5.32 Å². The van der Waals surface area contributed by atoms with Crippen LogP contribution in [0.3, 0.4) is 0 Å². The summed E-state index contributed by atoms with van der Waals surface area (Å²) in [6.45, 7) is 1.93. The lowest BCUT2D eigenvalue weighted by Crippen LogP contribution is -2.25. The third kappa shape index (κ3) is 5.16. The summed E-state index contributed by atoms with van der Waals surface area (Å²) < 4.78 is 0. The molecular formula is C27H23ClN4O2S. The Kier molecular flexibility index (Phi) is 6.70. The van der Waals surface area contributed by atoms with Crippen molar-refractivity contribution in [1.29, 1.82) is 0 Å². The minimum atomic E-state index is -0.583. The summed E-state index contributed by atoms with van der Waals surface area (Å²) in [5.41, 5.74) is 4.66. The van der Waals surface area contributed by atoms with Gasteiger partial charge in [-0.25, -0.2) is 5.01 Å². The molecule has 8 heteroatoms. The summed E-state index contributed by atoms with van der Waals surface area (Å²) in [6, 6.07) is 25.1. The number of nitrogens with one attached hydrogen (secondary N) is 1. The van der Waals surface area contributed by atoms with E-state index in [0.717, 1.165) is 28.1 Å². The van der Waals surface area contributed by atoms with E-state index >= 15 is 0 Å². The van der Waals surface area contributed by atoms with Crippen LogP contribution in [0.2, 0.25) is 5.02 Å². The second-order valence-electron chi connectivity index (χ2n) is 8.44. The first-order chi connectivity index (χ1) is 17.0. The van der Waals surface area contributed by atoms with Crippen molar-refractivity contribution in [2.75, 3.05) is 5.32 Å². The Bertz CT molecular complexity index is 1320. The molecule has 3 aromatic carbocycles. The van der Waals surface area contributed by atoms with Gasteiger partial charge in [0.25, 0.3) is 5.91 Å². The normalized spacial score (nSPS) is 19.5. The molecule has 0 unspecified atom stereocenters. The predicted molar refractivity (Wildman–Crippen MR) is 142 cm³/mol. The van der Waals surface area contributed by atoms with Gasteiger partial charge >= 0.3 is 0 Å². The number of benzene rings is 3. The van der Waals surface area contributed by atoms with Gasteiger partial charge < -0.3 is 5.32 Å². The highest BCUT2D eigenvalue weighted by Gasteiger charge is 2.39. The Morgan fingerprint density at radius 2 is 1.77 bits per heavy atom. The average molecular weight is 503 g/mol. The van der Waals surface area contributed by atoms with Crippen LogP contribution in [0.25, 0.3) is 0 Å². The zero-order valence-electron chi connectivity index (χ0n) is 19.0. The van der Waals surface area contributed by atoms with E-state index in [4.69, 9.17) is 16.7 Å². The smallest absolute Gasteiger partial charge is 0.262 e. The molecule has 0 radical (unpaired) electrons. The Morgan fingerprint density at radius 3 is 2.51 bits per heavy atom. The molecule has 6 nitrogen and oxygen atoms in total. The minimum absolute atomic E-state index is 0.0441. The molecule has 0 fully saturated rings. The monoisotopic (exact) mass is 502 g/mol. The first-order valence-electron chi connectivity index (χ1n) is 11.3. The molecule has 35 heavy (non-hydrogen) atoms. The lowest BCUT2D eigenvalue weighted by Gasteiger charge is -2.23. The Hall–Kier alpha value is -3.42. The average Bonchev–Trinajstić information content (AvgIpc) is 3.46. The van der Waals surface area contributed by atoms with Crippen LogP contribution >= 0.6 is 23.4 Å². The molecule has 176 valence electrons. The van der Waals surface area contributed by atoms with Crippen LogP contribution in [-0.4, -0.2) is 33.0 Å². The maximum Gasteiger partial charge on any atom is 0.262 e.